The third kappa shape index (κ3) is 2.28. The van der Waals surface area contributed by atoms with E-state index in [0.717, 1.165) is 19.4 Å². The third-order valence-electron chi connectivity index (χ3n) is 3.19. The molecule has 2 heterocycles. The summed E-state index contributed by atoms with van der Waals surface area (Å²) < 4.78 is 0. The van der Waals surface area contributed by atoms with E-state index in [1.165, 1.54) is 4.88 Å². The number of carbonyl (C=O) groups excluding carboxylic acids is 1. The van der Waals surface area contributed by atoms with Crippen LogP contribution in [-0.4, -0.2) is 18.0 Å². The van der Waals surface area contributed by atoms with Crippen molar-refractivity contribution in [2.45, 2.75) is 38.3 Å². The van der Waals surface area contributed by atoms with Crippen LogP contribution in [0.5, 0.6) is 0 Å². The number of hydrogen-bond acceptors (Lipinski definition) is 3. The van der Waals surface area contributed by atoms with Gasteiger partial charge >= 0.3 is 0 Å². The standard InChI is InChI=1S/C12H18N2OS/c1-9(10-5-3-8-16-10)14-11(15)12(2)6-4-7-13-12/h3,5,8-9,13H,4,6-7H2,1-2H3,(H,14,15)/t9-,12?/m1/s1. The first-order valence-corrected chi connectivity index (χ1v) is 6.59. The molecule has 0 aliphatic carbocycles. The van der Waals surface area contributed by atoms with Crippen molar-refractivity contribution in [1.29, 1.82) is 0 Å². The van der Waals surface area contributed by atoms with Crippen LogP contribution in [0.2, 0.25) is 0 Å². The number of amides is 1. The minimum absolute atomic E-state index is 0.103. The molecule has 1 unspecified atom stereocenters. The van der Waals surface area contributed by atoms with Crippen LogP contribution in [0.25, 0.3) is 0 Å². The van der Waals surface area contributed by atoms with Crippen LogP contribution in [0, 0.1) is 0 Å². The largest absolute Gasteiger partial charge is 0.347 e. The van der Waals surface area contributed by atoms with Crippen molar-refractivity contribution in [3.8, 4) is 0 Å². The monoisotopic (exact) mass is 238 g/mol. The van der Waals surface area contributed by atoms with Gasteiger partial charge in [0, 0.05) is 4.88 Å². The van der Waals surface area contributed by atoms with Crippen LogP contribution in [0.4, 0.5) is 0 Å². The van der Waals surface area contributed by atoms with Crippen molar-refractivity contribution >= 4 is 17.2 Å². The van der Waals surface area contributed by atoms with Gasteiger partial charge in [0.15, 0.2) is 0 Å². The normalized spacial score (nSPS) is 26.6. The Kier molecular flexibility index (Phi) is 3.30. The highest BCUT2D eigenvalue weighted by molar-refractivity contribution is 7.10. The van der Waals surface area contributed by atoms with Crippen molar-refractivity contribution in [2.24, 2.45) is 0 Å². The van der Waals surface area contributed by atoms with Crippen molar-refractivity contribution < 1.29 is 4.79 Å². The van der Waals surface area contributed by atoms with Gasteiger partial charge in [-0.3, -0.25) is 4.79 Å². The van der Waals surface area contributed by atoms with E-state index < -0.39 is 0 Å². The predicted octanol–water partition coefficient (Wildman–Crippen LogP) is 2.07. The van der Waals surface area contributed by atoms with E-state index in [2.05, 4.69) is 16.7 Å². The molecule has 2 N–H and O–H groups in total. The van der Waals surface area contributed by atoms with Crippen molar-refractivity contribution in [2.75, 3.05) is 6.54 Å². The molecule has 1 aliphatic heterocycles. The lowest BCUT2D eigenvalue weighted by atomic mass is 9.99. The van der Waals surface area contributed by atoms with E-state index in [4.69, 9.17) is 0 Å². The fraction of sp³-hybridized carbons (Fsp3) is 0.583. The molecular formula is C12H18N2OS. The van der Waals surface area contributed by atoms with Crippen molar-refractivity contribution in [3.05, 3.63) is 22.4 Å². The van der Waals surface area contributed by atoms with Gasteiger partial charge < -0.3 is 10.6 Å². The summed E-state index contributed by atoms with van der Waals surface area (Å²) in [4.78, 5) is 13.3. The number of rotatable bonds is 3. The molecule has 88 valence electrons. The fourth-order valence-electron chi connectivity index (χ4n) is 2.05. The highest BCUT2D eigenvalue weighted by atomic mass is 32.1. The summed E-state index contributed by atoms with van der Waals surface area (Å²) in [6, 6.07) is 4.17. The maximum absolute atomic E-state index is 12.1. The average molecular weight is 238 g/mol. The highest BCUT2D eigenvalue weighted by Gasteiger charge is 2.36. The SMILES string of the molecule is C[C@@H](NC(=O)C1(C)CCCN1)c1cccs1. The zero-order valence-electron chi connectivity index (χ0n) is 9.75. The fourth-order valence-corrected chi connectivity index (χ4v) is 2.79. The molecule has 1 aromatic heterocycles. The molecule has 0 spiro atoms. The zero-order chi connectivity index (χ0) is 11.6. The second-order valence-electron chi connectivity index (χ2n) is 4.57. The second-order valence-corrected chi connectivity index (χ2v) is 5.55. The Morgan fingerprint density at radius 2 is 2.50 bits per heavy atom. The maximum atomic E-state index is 12.1. The summed E-state index contributed by atoms with van der Waals surface area (Å²) >= 11 is 1.68. The number of thiophene rings is 1. The first kappa shape index (κ1) is 11.6. The smallest absolute Gasteiger partial charge is 0.240 e. The van der Waals surface area contributed by atoms with Crippen molar-refractivity contribution in [1.82, 2.24) is 10.6 Å². The molecule has 0 radical (unpaired) electrons. The van der Waals surface area contributed by atoms with Gasteiger partial charge in [0.25, 0.3) is 0 Å². The summed E-state index contributed by atoms with van der Waals surface area (Å²) in [5.74, 6) is 0.117. The van der Waals surface area contributed by atoms with E-state index in [0.29, 0.717) is 0 Å². The number of nitrogens with one attached hydrogen (secondary N) is 2. The molecular weight excluding hydrogens is 220 g/mol. The molecule has 1 aliphatic rings. The molecule has 1 amide bonds. The molecule has 2 atom stereocenters. The van der Waals surface area contributed by atoms with Gasteiger partial charge in [-0.1, -0.05) is 6.07 Å². The molecule has 4 heteroatoms. The first-order chi connectivity index (χ1) is 7.62. The van der Waals surface area contributed by atoms with E-state index in [9.17, 15) is 4.79 Å². The van der Waals surface area contributed by atoms with Gasteiger partial charge in [0.1, 0.15) is 0 Å². The summed E-state index contributed by atoms with van der Waals surface area (Å²) in [6.07, 6.45) is 2.01. The van der Waals surface area contributed by atoms with Gasteiger partial charge in [-0.15, -0.1) is 11.3 Å². The van der Waals surface area contributed by atoms with Crippen LogP contribution in [0.15, 0.2) is 17.5 Å². The summed E-state index contributed by atoms with van der Waals surface area (Å²) in [6.45, 7) is 4.95. The first-order valence-electron chi connectivity index (χ1n) is 5.71. The van der Waals surface area contributed by atoms with E-state index in [1.54, 1.807) is 11.3 Å². The van der Waals surface area contributed by atoms with Gasteiger partial charge in [0.2, 0.25) is 5.91 Å². The van der Waals surface area contributed by atoms with E-state index in [1.807, 2.05) is 25.3 Å². The average Bonchev–Trinajstić information content (AvgIpc) is 2.88. The van der Waals surface area contributed by atoms with E-state index in [-0.39, 0.29) is 17.5 Å². The lowest BCUT2D eigenvalue weighted by molar-refractivity contribution is -0.127. The Morgan fingerprint density at radius 1 is 1.69 bits per heavy atom. The Hall–Kier alpha value is -0.870. The molecule has 16 heavy (non-hydrogen) atoms. The Bertz CT molecular complexity index is 355. The quantitative estimate of drug-likeness (QED) is 0.846. The Morgan fingerprint density at radius 3 is 3.06 bits per heavy atom. The summed E-state index contributed by atoms with van der Waals surface area (Å²) in [7, 11) is 0. The van der Waals surface area contributed by atoms with Crippen molar-refractivity contribution in [3.63, 3.8) is 0 Å². The van der Waals surface area contributed by atoms with Crippen LogP contribution in [-0.2, 0) is 4.79 Å². The van der Waals surface area contributed by atoms with Gasteiger partial charge in [-0.05, 0) is 44.7 Å². The number of carbonyl (C=O) groups is 1. The number of hydrogen-bond donors (Lipinski definition) is 2. The van der Waals surface area contributed by atoms with Crippen LogP contribution < -0.4 is 10.6 Å². The summed E-state index contributed by atoms with van der Waals surface area (Å²) in [5.41, 5.74) is -0.370. The van der Waals surface area contributed by atoms with E-state index >= 15 is 0 Å². The predicted molar refractivity (Wildman–Crippen MR) is 66.5 cm³/mol. The van der Waals surface area contributed by atoms with Crippen LogP contribution in [0.3, 0.4) is 0 Å². The van der Waals surface area contributed by atoms with Gasteiger partial charge in [-0.2, -0.15) is 0 Å². The van der Waals surface area contributed by atoms with Gasteiger partial charge in [-0.25, -0.2) is 0 Å². The topological polar surface area (TPSA) is 41.1 Å². The summed E-state index contributed by atoms with van der Waals surface area (Å²) in [5, 5.41) is 8.38. The zero-order valence-corrected chi connectivity index (χ0v) is 10.6. The van der Waals surface area contributed by atoms with Crippen LogP contribution in [0.1, 0.15) is 37.6 Å². The Balaban J connectivity index is 1.97. The lowest BCUT2D eigenvalue weighted by Gasteiger charge is -2.25. The minimum Gasteiger partial charge on any atom is -0.347 e. The third-order valence-corrected chi connectivity index (χ3v) is 4.24. The Labute approximate surface area is 100 Å². The minimum atomic E-state index is -0.370. The maximum Gasteiger partial charge on any atom is 0.240 e. The molecule has 1 aromatic rings. The molecule has 1 fully saturated rings. The van der Waals surface area contributed by atoms with Crippen LogP contribution >= 0.6 is 11.3 Å². The molecule has 3 nitrogen and oxygen atoms in total. The van der Waals surface area contributed by atoms with Gasteiger partial charge in [0.05, 0.1) is 11.6 Å². The molecule has 1 saturated heterocycles. The lowest BCUT2D eigenvalue weighted by Crippen LogP contribution is -2.51. The molecule has 2 rings (SSSR count). The molecule has 0 saturated carbocycles. The second kappa shape index (κ2) is 4.55. The molecule has 0 aromatic carbocycles. The molecule has 0 bridgehead atoms. The highest BCUT2D eigenvalue weighted by Crippen LogP contribution is 2.22.